The number of alkyl halides is 6. The van der Waals surface area contributed by atoms with E-state index in [-0.39, 0.29) is 38.0 Å². The Labute approximate surface area is 249 Å². The minimum Gasteiger partial charge on any atom is -0.506 e. The number of carboxylic acids is 1. The number of nitrogens with one attached hydrogen (secondary N) is 2. The van der Waals surface area contributed by atoms with Crippen LogP contribution < -0.4 is 22.1 Å². The van der Waals surface area contributed by atoms with Crippen molar-refractivity contribution in [1.82, 2.24) is 15.6 Å². The molecule has 2 rings (SSSR count). The lowest BCUT2D eigenvalue weighted by atomic mass is 10.0. The second-order valence-corrected chi connectivity index (χ2v) is 9.14. The summed E-state index contributed by atoms with van der Waals surface area (Å²) >= 11 is 9.08. The molecule has 2 aromatic rings. The molecule has 0 radical (unpaired) electrons. The highest BCUT2D eigenvalue weighted by Gasteiger charge is 2.54. The number of benzene rings is 1. The van der Waals surface area contributed by atoms with Gasteiger partial charge in [0.2, 0.25) is 5.91 Å². The zero-order valence-corrected chi connectivity index (χ0v) is 23.2. The minimum atomic E-state index is -5.77. The van der Waals surface area contributed by atoms with E-state index in [1.807, 2.05) is 0 Å². The van der Waals surface area contributed by atoms with Crippen LogP contribution in [-0.2, 0) is 19.2 Å². The fraction of sp³-hybridized carbons (Fsp3) is 0.227. The third-order valence-corrected chi connectivity index (χ3v) is 5.34. The smallest absolute Gasteiger partial charge is 0.458 e. The average molecular weight is 708 g/mol. The van der Waals surface area contributed by atoms with Crippen molar-refractivity contribution in [3.05, 3.63) is 51.2 Å². The Hall–Kier alpha value is -4.46. The molecule has 1 atom stereocenters. The van der Waals surface area contributed by atoms with Crippen molar-refractivity contribution < 1.29 is 60.5 Å². The largest absolute Gasteiger partial charge is 0.506 e. The Morgan fingerprint density at radius 3 is 2.05 bits per heavy atom. The number of aliphatic carboxylic acids is 1. The number of amides is 2. The van der Waals surface area contributed by atoms with Gasteiger partial charge in [-0.25, -0.2) is 4.99 Å². The molecule has 0 fully saturated rings. The van der Waals surface area contributed by atoms with Crippen LogP contribution in [0.15, 0.2) is 40.1 Å². The van der Waals surface area contributed by atoms with Gasteiger partial charge in [0.1, 0.15) is 5.75 Å². The van der Waals surface area contributed by atoms with Crippen LogP contribution >= 0.6 is 27.5 Å². The molecule has 1 unspecified atom stereocenters. The normalized spacial score (nSPS) is 11.7. The molecule has 0 bridgehead atoms. The summed E-state index contributed by atoms with van der Waals surface area (Å²) in [5.74, 6) is -9.82. The summed E-state index contributed by atoms with van der Waals surface area (Å²) in [4.78, 5) is 62.7. The molecular formula is C22H18BrClF6N6O7. The Bertz CT molecular complexity index is 1410. The van der Waals surface area contributed by atoms with Crippen LogP contribution in [0.25, 0.3) is 0 Å². The zero-order chi connectivity index (χ0) is 33.3. The molecule has 0 spiro atoms. The van der Waals surface area contributed by atoms with Crippen LogP contribution in [0.5, 0.6) is 5.75 Å². The number of halogens is 8. The van der Waals surface area contributed by atoms with Crippen LogP contribution in [0.2, 0.25) is 5.02 Å². The third-order valence-electron chi connectivity index (χ3n) is 4.52. The number of Topliss-reactive ketones (excluding diaryl/α,β-unsaturated/α-hetero) is 2. The highest BCUT2D eigenvalue weighted by molar-refractivity contribution is 9.10. The van der Waals surface area contributed by atoms with Crippen LogP contribution in [0.3, 0.4) is 0 Å². The van der Waals surface area contributed by atoms with E-state index in [0.29, 0.717) is 0 Å². The number of ketones is 2. The monoisotopic (exact) mass is 706 g/mol. The molecule has 1 aromatic carbocycles. The maximum absolute atomic E-state index is 12.3. The number of carbonyl (C=O) groups is 5. The molecular weight excluding hydrogens is 690 g/mol. The van der Waals surface area contributed by atoms with E-state index < -0.39 is 60.7 Å². The van der Waals surface area contributed by atoms with E-state index in [0.717, 1.165) is 0 Å². The fourth-order valence-corrected chi connectivity index (χ4v) is 3.63. The quantitative estimate of drug-likeness (QED) is 0.0966. The fourth-order valence-electron chi connectivity index (χ4n) is 2.79. The summed E-state index contributed by atoms with van der Waals surface area (Å²) in [5, 5.41) is 24.4. The van der Waals surface area contributed by atoms with E-state index in [2.05, 4.69) is 36.5 Å². The Kier molecular flexibility index (Phi) is 12.9. The lowest BCUT2D eigenvalue weighted by Crippen LogP contribution is -2.39. The standard InChI is InChI=1S/C18H18BrClN6O5.C4F6O2/c19-12-3-9(20)2-11(16(12)30)13(4-15(28)29)26-14(27)7-24-17(31)8-1-10(6-23-5-8)25-18(21)22;5-3(6,7)1(11)2(12)4(8,9)10/h1-3,5-6,13,30H,4,7H2,(H,24,31)(H,26,27)(H,28,29)(H4,21,22,25);. The van der Waals surface area contributed by atoms with Gasteiger partial charge in [0.25, 0.3) is 5.91 Å². The molecule has 0 aliphatic rings. The number of nitrogens with zero attached hydrogens (tertiary/aromatic N) is 2. The number of aliphatic imine (C=N–C) groups is 1. The highest BCUT2D eigenvalue weighted by atomic mass is 79.9. The van der Waals surface area contributed by atoms with E-state index in [1.165, 1.54) is 30.6 Å². The number of guanidine groups is 1. The maximum atomic E-state index is 12.3. The van der Waals surface area contributed by atoms with Gasteiger partial charge in [0.15, 0.2) is 5.96 Å². The second kappa shape index (κ2) is 15.1. The molecule has 0 aliphatic heterocycles. The molecule has 1 aromatic heterocycles. The molecule has 2 amide bonds. The number of aromatic nitrogens is 1. The summed E-state index contributed by atoms with van der Waals surface area (Å²) in [6, 6.07) is 3.04. The van der Waals surface area contributed by atoms with Crippen LogP contribution in [0, 0.1) is 0 Å². The highest BCUT2D eigenvalue weighted by Crippen LogP contribution is 2.36. The SMILES string of the molecule is NC(N)=Nc1cncc(C(=O)NCC(=O)NC(CC(=O)O)c2cc(Cl)cc(Br)c2O)c1.O=C(C(=O)C(F)(F)F)C(F)(F)F. The molecule has 21 heteroatoms. The summed E-state index contributed by atoms with van der Waals surface area (Å²) in [7, 11) is 0. The average Bonchev–Trinajstić information content (AvgIpc) is 2.86. The van der Waals surface area contributed by atoms with Crippen LogP contribution in [-0.4, -0.2) is 69.4 Å². The van der Waals surface area contributed by atoms with Gasteiger partial charge in [-0.2, -0.15) is 26.3 Å². The summed E-state index contributed by atoms with van der Waals surface area (Å²) < 4.78 is 67.2. The number of hydrogen-bond acceptors (Lipinski definition) is 8. The molecule has 43 heavy (non-hydrogen) atoms. The van der Waals surface area contributed by atoms with Gasteiger partial charge in [-0.3, -0.25) is 29.0 Å². The lowest BCUT2D eigenvalue weighted by molar-refractivity contribution is -0.193. The van der Waals surface area contributed by atoms with Gasteiger partial charge in [-0.05, 0) is 34.1 Å². The number of carboxylic acid groups (broad SMARTS) is 1. The first-order valence-corrected chi connectivity index (χ1v) is 12.0. The number of phenolic OH excluding ortho intramolecular Hbond substituents is 1. The lowest BCUT2D eigenvalue weighted by Gasteiger charge is -2.19. The van der Waals surface area contributed by atoms with Crippen molar-refractivity contribution in [2.75, 3.05) is 6.54 Å². The van der Waals surface area contributed by atoms with Gasteiger partial charge >= 0.3 is 29.9 Å². The van der Waals surface area contributed by atoms with E-state index in [9.17, 15) is 55.4 Å². The molecule has 234 valence electrons. The molecule has 0 aliphatic carbocycles. The Balaban J connectivity index is 0.000000650. The van der Waals surface area contributed by atoms with E-state index in [1.54, 1.807) is 0 Å². The topological polar surface area (TPSA) is 227 Å². The molecule has 8 N–H and O–H groups in total. The summed E-state index contributed by atoms with van der Waals surface area (Å²) in [5.41, 5.74) is 11.0. The number of rotatable bonds is 9. The Morgan fingerprint density at radius 1 is 1.00 bits per heavy atom. The number of phenols is 1. The maximum Gasteiger partial charge on any atom is 0.458 e. The van der Waals surface area contributed by atoms with Crippen molar-refractivity contribution in [3.63, 3.8) is 0 Å². The van der Waals surface area contributed by atoms with Crippen molar-refractivity contribution in [2.24, 2.45) is 16.5 Å². The van der Waals surface area contributed by atoms with Crippen molar-refractivity contribution in [1.29, 1.82) is 0 Å². The van der Waals surface area contributed by atoms with Gasteiger partial charge in [-0.15, -0.1) is 0 Å². The summed E-state index contributed by atoms with van der Waals surface area (Å²) in [6.07, 6.45) is -9.47. The number of pyridine rings is 1. The Morgan fingerprint density at radius 2 is 1.56 bits per heavy atom. The molecule has 0 saturated carbocycles. The predicted octanol–water partition coefficient (Wildman–Crippen LogP) is 2.42. The second-order valence-electron chi connectivity index (χ2n) is 7.85. The van der Waals surface area contributed by atoms with Gasteiger partial charge < -0.3 is 32.3 Å². The van der Waals surface area contributed by atoms with Crippen molar-refractivity contribution in [2.45, 2.75) is 24.8 Å². The molecule has 0 saturated heterocycles. The van der Waals surface area contributed by atoms with Crippen molar-refractivity contribution >= 4 is 68.5 Å². The molecule has 1 heterocycles. The molecule has 13 nitrogen and oxygen atoms in total. The number of hydrogen-bond donors (Lipinski definition) is 6. The first-order valence-electron chi connectivity index (χ1n) is 10.9. The van der Waals surface area contributed by atoms with E-state index in [4.69, 9.17) is 28.2 Å². The number of aromatic hydroxyl groups is 1. The van der Waals surface area contributed by atoms with Crippen molar-refractivity contribution in [3.8, 4) is 5.75 Å². The number of carbonyl (C=O) groups excluding carboxylic acids is 4. The minimum absolute atomic E-state index is 0.105. The van der Waals surface area contributed by atoms with Gasteiger partial charge in [-0.1, -0.05) is 11.6 Å². The van der Waals surface area contributed by atoms with Crippen LogP contribution in [0.4, 0.5) is 32.0 Å². The van der Waals surface area contributed by atoms with E-state index >= 15 is 0 Å². The van der Waals surface area contributed by atoms with Gasteiger partial charge in [0, 0.05) is 16.8 Å². The van der Waals surface area contributed by atoms with Crippen LogP contribution in [0.1, 0.15) is 28.4 Å². The van der Waals surface area contributed by atoms with Gasteiger partial charge in [0.05, 0.1) is 40.9 Å². The summed E-state index contributed by atoms with van der Waals surface area (Å²) in [6.45, 7) is -0.468. The zero-order valence-electron chi connectivity index (χ0n) is 20.9. The number of nitrogens with two attached hydrogens (primary N) is 2. The predicted molar refractivity (Wildman–Crippen MR) is 138 cm³/mol. The first-order chi connectivity index (χ1) is 19.6. The third kappa shape index (κ3) is 12.1. The first kappa shape index (κ1) is 36.6.